The van der Waals surface area contributed by atoms with Crippen molar-refractivity contribution in [2.45, 2.75) is 51.2 Å². The summed E-state index contributed by atoms with van der Waals surface area (Å²) in [7, 11) is 2.07. The quantitative estimate of drug-likeness (QED) is 0.188. The van der Waals surface area contributed by atoms with Crippen LogP contribution < -0.4 is 15.0 Å². The monoisotopic (exact) mass is 664 g/mol. The first-order valence-electron chi connectivity index (χ1n) is 16.8. The lowest BCUT2D eigenvalue weighted by molar-refractivity contribution is 0.0342. The molecule has 1 aliphatic heterocycles. The number of anilines is 1. The van der Waals surface area contributed by atoms with E-state index in [9.17, 15) is 14.3 Å². The first-order chi connectivity index (χ1) is 23.8. The molecule has 0 unspecified atom stereocenters. The lowest BCUT2D eigenvalue weighted by Gasteiger charge is -2.35. The minimum Gasteiger partial charge on any atom is -0.508 e. The highest BCUT2D eigenvalue weighted by atomic mass is 19.1. The van der Waals surface area contributed by atoms with Crippen molar-refractivity contribution in [3.63, 3.8) is 0 Å². The van der Waals surface area contributed by atoms with Gasteiger partial charge >= 0.3 is 0 Å². The maximum absolute atomic E-state index is 14.4. The molecule has 2 aromatic carbocycles. The molecule has 10 nitrogen and oxygen atoms in total. The van der Waals surface area contributed by atoms with Crippen molar-refractivity contribution in [3.05, 3.63) is 102 Å². The highest BCUT2D eigenvalue weighted by molar-refractivity contribution is 5.96. The number of carbonyl (C=O) groups is 1. The van der Waals surface area contributed by atoms with Crippen molar-refractivity contribution in [1.82, 2.24) is 24.6 Å². The zero-order chi connectivity index (χ0) is 33.9. The summed E-state index contributed by atoms with van der Waals surface area (Å²) >= 11 is 0. The molecule has 1 saturated heterocycles. The third kappa shape index (κ3) is 7.38. The summed E-state index contributed by atoms with van der Waals surface area (Å²) in [6.45, 7) is 5.73. The normalized spacial score (nSPS) is 18.3. The number of hydrogen-bond donors (Lipinski definition) is 2. The van der Waals surface area contributed by atoms with Crippen LogP contribution in [0, 0.1) is 12.7 Å². The Bertz CT molecular complexity index is 1950. The zero-order valence-electron chi connectivity index (χ0n) is 27.8. The van der Waals surface area contributed by atoms with Gasteiger partial charge in [0.1, 0.15) is 34.3 Å². The van der Waals surface area contributed by atoms with E-state index in [1.807, 2.05) is 36.4 Å². The molecule has 7 rings (SSSR count). The number of carbonyl (C=O) groups excluding carboxylic acids is 1. The lowest BCUT2D eigenvalue weighted by atomic mass is 9.90. The fourth-order valence-electron chi connectivity index (χ4n) is 6.87. The van der Waals surface area contributed by atoms with E-state index in [4.69, 9.17) is 14.5 Å². The van der Waals surface area contributed by atoms with E-state index in [1.54, 1.807) is 18.2 Å². The number of pyridine rings is 2. The molecule has 0 radical (unpaired) electrons. The van der Waals surface area contributed by atoms with Gasteiger partial charge in [-0.15, -0.1) is 0 Å². The van der Waals surface area contributed by atoms with E-state index in [2.05, 4.69) is 50.7 Å². The third-order valence-corrected chi connectivity index (χ3v) is 9.63. The molecule has 3 aromatic heterocycles. The number of nitrogens with one attached hydrogen (secondary N) is 1. The highest BCUT2D eigenvalue weighted by Gasteiger charge is 2.28. The number of halogens is 1. The van der Waals surface area contributed by atoms with Gasteiger partial charge in [-0.1, -0.05) is 24.3 Å². The highest BCUT2D eigenvalue weighted by Crippen LogP contribution is 2.33. The average Bonchev–Trinajstić information content (AvgIpc) is 3.56. The topological polar surface area (TPSA) is 104 Å². The van der Waals surface area contributed by atoms with Gasteiger partial charge in [0.15, 0.2) is 0 Å². The number of aryl methyl sites for hydroxylation is 1. The fraction of sp³-hybridized carbons (Fsp3) is 0.342. The second-order valence-electron chi connectivity index (χ2n) is 13.0. The summed E-state index contributed by atoms with van der Waals surface area (Å²) in [5.41, 5.74) is 4.91. The van der Waals surface area contributed by atoms with Crippen LogP contribution in [0.1, 0.15) is 47.3 Å². The number of morpholine rings is 1. The lowest BCUT2D eigenvalue weighted by Crippen LogP contribution is -2.43. The van der Waals surface area contributed by atoms with Crippen LogP contribution in [-0.4, -0.2) is 75.7 Å². The Morgan fingerprint density at radius 1 is 1.06 bits per heavy atom. The van der Waals surface area contributed by atoms with Crippen LogP contribution in [0.4, 0.5) is 10.2 Å². The summed E-state index contributed by atoms with van der Waals surface area (Å²) in [6.07, 6.45) is 6.47. The largest absolute Gasteiger partial charge is 0.508 e. The first kappa shape index (κ1) is 32.5. The molecule has 0 atom stereocenters. The molecule has 0 bridgehead atoms. The molecule has 49 heavy (non-hydrogen) atoms. The number of aromatic nitrogens is 3. The van der Waals surface area contributed by atoms with Crippen molar-refractivity contribution in [3.8, 4) is 28.5 Å². The zero-order valence-corrected chi connectivity index (χ0v) is 27.8. The molecule has 5 aromatic rings. The van der Waals surface area contributed by atoms with Crippen molar-refractivity contribution < 1.29 is 23.8 Å². The van der Waals surface area contributed by atoms with Crippen molar-refractivity contribution in [2.75, 3.05) is 38.3 Å². The summed E-state index contributed by atoms with van der Waals surface area (Å²) in [5, 5.41) is 13.4. The molecule has 2 N–H and O–H groups in total. The van der Waals surface area contributed by atoms with E-state index in [0.29, 0.717) is 31.5 Å². The molecule has 1 aliphatic carbocycles. The van der Waals surface area contributed by atoms with Gasteiger partial charge in [-0.25, -0.2) is 14.4 Å². The molecule has 1 saturated carbocycles. The van der Waals surface area contributed by atoms with Crippen molar-refractivity contribution >= 4 is 17.4 Å². The van der Waals surface area contributed by atoms with Gasteiger partial charge in [0.2, 0.25) is 5.88 Å². The molecule has 1 amide bonds. The van der Waals surface area contributed by atoms with E-state index in [1.165, 1.54) is 6.07 Å². The van der Waals surface area contributed by atoms with E-state index >= 15 is 0 Å². The van der Waals surface area contributed by atoms with Gasteiger partial charge in [-0.05, 0) is 91.8 Å². The Kier molecular flexibility index (Phi) is 9.45. The number of hydrogen-bond acceptors (Lipinski definition) is 8. The molecule has 2 aliphatic rings. The maximum Gasteiger partial charge on any atom is 0.257 e. The molecular weight excluding hydrogens is 623 g/mol. The van der Waals surface area contributed by atoms with Gasteiger partial charge < -0.3 is 29.2 Å². The molecular formula is C38H41FN6O4. The number of amides is 1. The van der Waals surface area contributed by atoms with E-state index in [-0.39, 0.29) is 23.2 Å². The summed E-state index contributed by atoms with van der Waals surface area (Å²) in [4.78, 5) is 27.0. The average molecular weight is 665 g/mol. The van der Waals surface area contributed by atoms with Crippen LogP contribution in [0.2, 0.25) is 0 Å². The number of ether oxygens (including phenoxy) is 2. The minimum atomic E-state index is -0.615. The minimum absolute atomic E-state index is 0.0332. The Morgan fingerprint density at radius 3 is 2.65 bits per heavy atom. The second kappa shape index (κ2) is 14.2. The molecule has 11 heteroatoms. The van der Waals surface area contributed by atoms with Crippen LogP contribution in [0.25, 0.3) is 16.8 Å². The number of fused-ring (bicyclic) bond motifs is 1. The van der Waals surface area contributed by atoms with Crippen LogP contribution in [-0.2, 0) is 11.3 Å². The van der Waals surface area contributed by atoms with Crippen molar-refractivity contribution in [1.29, 1.82) is 0 Å². The number of phenols is 1. The SMILES string of the molecule is Cc1cccc2nc(N(C)C3CCC(NC(=O)c4cc(F)cnc4Oc4cccc(-c5ccc(O)cc5CN5CCOCC5)c4)CC3)cn12. The Balaban J connectivity index is 1.02. The predicted molar refractivity (Wildman–Crippen MR) is 186 cm³/mol. The number of aromatic hydroxyl groups is 1. The Hall–Kier alpha value is -5.00. The second-order valence-corrected chi connectivity index (χ2v) is 13.0. The number of phenolic OH excluding ortho intramolecular Hbond substituents is 1. The molecule has 2 fully saturated rings. The molecule has 4 heterocycles. The molecule has 0 spiro atoms. The van der Waals surface area contributed by atoms with Crippen LogP contribution in [0.5, 0.6) is 17.4 Å². The Labute approximate surface area is 285 Å². The van der Waals surface area contributed by atoms with Gasteiger partial charge in [0, 0.05) is 44.5 Å². The van der Waals surface area contributed by atoms with Gasteiger partial charge in [-0.3, -0.25) is 9.69 Å². The number of benzene rings is 2. The van der Waals surface area contributed by atoms with Crippen molar-refractivity contribution in [2.24, 2.45) is 0 Å². The number of rotatable bonds is 9. The summed E-state index contributed by atoms with van der Waals surface area (Å²) < 4.78 is 28.2. The summed E-state index contributed by atoms with van der Waals surface area (Å²) in [5.74, 6) is 0.589. The van der Waals surface area contributed by atoms with Gasteiger partial charge in [-0.2, -0.15) is 0 Å². The third-order valence-electron chi connectivity index (χ3n) is 9.63. The standard InChI is InChI=1S/C38H41FN6O4/c1-25-5-3-8-35-42-36(24-45(25)35)43(2)30-11-9-29(10-12-30)41-37(47)34-21-28(39)22-40-38(34)49-32-7-4-6-26(20-32)33-14-13-31(46)19-27(33)23-44-15-17-48-18-16-44/h3-8,13-14,19-22,24,29-30,46H,9-12,15-18,23H2,1-2H3,(H,41,47). The van der Waals surface area contributed by atoms with Gasteiger partial charge in [0.25, 0.3) is 5.91 Å². The van der Waals surface area contributed by atoms with E-state index < -0.39 is 11.7 Å². The van der Waals surface area contributed by atoms with E-state index in [0.717, 1.165) is 78.8 Å². The first-order valence-corrected chi connectivity index (χ1v) is 16.8. The van der Waals surface area contributed by atoms with Crippen LogP contribution in [0.3, 0.4) is 0 Å². The predicted octanol–water partition coefficient (Wildman–Crippen LogP) is 6.35. The Morgan fingerprint density at radius 2 is 1.86 bits per heavy atom. The van der Waals surface area contributed by atoms with Crippen LogP contribution in [0.15, 0.2) is 79.1 Å². The number of nitrogens with zero attached hydrogens (tertiary/aromatic N) is 5. The van der Waals surface area contributed by atoms with Crippen LogP contribution >= 0.6 is 0 Å². The van der Waals surface area contributed by atoms with Gasteiger partial charge in [0.05, 0.1) is 25.6 Å². The maximum atomic E-state index is 14.4. The molecule has 254 valence electrons. The smallest absolute Gasteiger partial charge is 0.257 e. The summed E-state index contributed by atoms with van der Waals surface area (Å²) in [6, 6.07) is 20.3. The fourth-order valence-corrected chi connectivity index (χ4v) is 6.87. The number of imidazole rings is 1.